The lowest BCUT2D eigenvalue weighted by atomic mass is 10.0. The molecule has 2 nitrogen and oxygen atoms in total. The highest BCUT2D eigenvalue weighted by molar-refractivity contribution is 6.30. The fraction of sp³-hybridized carbons (Fsp3) is 0.0833. The molecule has 1 aromatic carbocycles. The zero-order valence-electron chi connectivity index (χ0n) is 8.16. The summed E-state index contributed by atoms with van der Waals surface area (Å²) in [5.41, 5.74) is 1.47. The Morgan fingerprint density at radius 3 is 2.73 bits per heavy atom. The number of furan rings is 1. The number of halogens is 1. The zero-order valence-corrected chi connectivity index (χ0v) is 8.91. The first-order valence-corrected chi connectivity index (χ1v) is 4.90. The molecule has 0 unspecified atom stereocenters. The maximum atomic E-state index is 11.9. The minimum absolute atomic E-state index is 0.117. The summed E-state index contributed by atoms with van der Waals surface area (Å²) in [4.78, 5) is 11.9. The summed E-state index contributed by atoms with van der Waals surface area (Å²) in [5.74, 6) is 0.231. The molecule has 0 aliphatic heterocycles. The van der Waals surface area contributed by atoms with E-state index in [4.69, 9.17) is 16.0 Å². The van der Waals surface area contributed by atoms with Crippen LogP contribution in [0.4, 0.5) is 0 Å². The molecule has 3 heteroatoms. The molecule has 0 N–H and O–H groups in total. The number of ketones is 1. The lowest BCUT2D eigenvalue weighted by Crippen LogP contribution is -2.01. The van der Waals surface area contributed by atoms with Gasteiger partial charge in [-0.2, -0.15) is 0 Å². The highest BCUT2D eigenvalue weighted by Crippen LogP contribution is 2.18. The zero-order chi connectivity index (χ0) is 10.8. The largest absolute Gasteiger partial charge is 0.461 e. The van der Waals surface area contributed by atoms with Crippen molar-refractivity contribution in [3.8, 4) is 0 Å². The summed E-state index contributed by atoms with van der Waals surface area (Å²) >= 11 is 5.81. The van der Waals surface area contributed by atoms with Gasteiger partial charge >= 0.3 is 0 Å². The predicted molar refractivity (Wildman–Crippen MR) is 58.3 cm³/mol. The lowest BCUT2D eigenvalue weighted by molar-refractivity contribution is 0.101. The standard InChI is InChI=1S/C12H9ClO2/c1-8-7-9(13)4-5-10(8)12(14)11-3-2-6-15-11/h2-7H,1H3. The Morgan fingerprint density at radius 2 is 2.13 bits per heavy atom. The summed E-state index contributed by atoms with van der Waals surface area (Å²) in [7, 11) is 0. The van der Waals surface area contributed by atoms with E-state index in [9.17, 15) is 4.79 Å². The van der Waals surface area contributed by atoms with Gasteiger partial charge in [-0.15, -0.1) is 0 Å². The Kier molecular flexibility index (Phi) is 2.60. The Balaban J connectivity index is 2.42. The van der Waals surface area contributed by atoms with Gasteiger partial charge in [0.2, 0.25) is 5.78 Å². The number of carbonyl (C=O) groups is 1. The Hall–Kier alpha value is -1.54. The summed E-state index contributed by atoms with van der Waals surface area (Å²) in [5, 5.41) is 0.628. The maximum Gasteiger partial charge on any atom is 0.228 e. The maximum absolute atomic E-state index is 11.9. The molecule has 0 aliphatic rings. The van der Waals surface area contributed by atoms with Gasteiger partial charge in [0.15, 0.2) is 5.76 Å². The van der Waals surface area contributed by atoms with E-state index in [1.54, 1.807) is 30.3 Å². The molecule has 2 aromatic rings. The van der Waals surface area contributed by atoms with Crippen molar-refractivity contribution in [1.29, 1.82) is 0 Å². The van der Waals surface area contributed by atoms with E-state index in [1.807, 2.05) is 6.92 Å². The molecule has 0 aliphatic carbocycles. The second-order valence-electron chi connectivity index (χ2n) is 3.27. The number of hydrogen-bond acceptors (Lipinski definition) is 2. The van der Waals surface area contributed by atoms with Crippen LogP contribution in [-0.4, -0.2) is 5.78 Å². The summed E-state index contributed by atoms with van der Waals surface area (Å²) in [6.45, 7) is 1.85. The van der Waals surface area contributed by atoms with Crippen LogP contribution in [0.5, 0.6) is 0 Å². The number of benzene rings is 1. The first-order valence-electron chi connectivity index (χ1n) is 4.53. The fourth-order valence-corrected chi connectivity index (χ4v) is 1.65. The minimum Gasteiger partial charge on any atom is -0.461 e. The molecule has 0 amide bonds. The van der Waals surface area contributed by atoms with E-state index < -0.39 is 0 Å². The van der Waals surface area contributed by atoms with Gasteiger partial charge in [-0.25, -0.2) is 0 Å². The first-order chi connectivity index (χ1) is 7.18. The van der Waals surface area contributed by atoms with Crippen molar-refractivity contribution in [2.24, 2.45) is 0 Å². The van der Waals surface area contributed by atoms with Crippen molar-refractivity contribution >= 4 is 17.4 Å². The van der Waals surface area contributed by atoms with Crippen LogP contribution in [0.15, 0.2) is 41.0 Å². The van der Waals surface area contributed by atoms with Gasteiger partial charge in [0, 0.05) is 10.6 Å². The van der Waals surface area contributed by atoms with Crippen LogP contribution in [0.3, 0.4) is 0 Å². The molecule has 0 atom stereocenters. The van der Waals surface area contributed by atoms with Crippen LogP contribution in [0.1, 0.15) is 21.7 Å². The quantitative estimate of drug-likeness (QED) is 0.726. The summed E-state index contributed by atoms with van der Waals surface area (Å²) in [6.07, 6.45) is 1.48. The topological polar surface area (TPSA) is 30.2 Å². The van der Waals surface area contributed by atoms with Gasteiger partial charge in [0.1, 0.15) is 0 Å². The van der Waals surface area contributed by atoms with E-state index in [-0.39, 0.29) is 5.78 Å². The second kappa shape index (κ2) is 3.91. The smallest absolute Gasteiger partial charge is 0.228 e. The number of hydrogen-bond donors (Lipinski definition) is 0. The number of rotatable bonds is 2. The third-order valence-electron chi connectivity index (χ3n) is 2.18. The van der Waals surface area contributed by atoms with Gasteiger partial charge in [-0.3, -0.25) is 4.79 Å². The molecule has 0 saturated carbocycles. The molecule has 0 radical (unpaired) electrons. The van der Waals surface area contributed by atoms with Crippen LogP contribution in [0.25, 0.3) is 0 Å². The van der Waals surface area contributed by atoms with E-state index >= 15 is 0 Å². The summed E-state index contributed by atoms with van der Waals surface area (Å²) < 4.78 is 5.05. The number of carbonyl (C=O) groups excluding carboxylic acids is 1. The van der Waals surface area contributed by atoms with Crippen molar-refractivity contribution in [3.63, 3.8) is 0 Å². The molecule has 0 saturated heterocycles. The van der Waals surface area contributed by atoms with Crippen molar-refractivity contribution in [1.82, 2.24) is 0 Å². The molecule has 1 heterocycles. The van der Waals surface area contributed by atoms with Crippen LogP contribution >= 0.6 is 11.6 Å². The molecular weight excluding hydrogens is 212 g/mol. The Morgan fingerprint density at radius 1 is 1.33 bits per heavy atom. The van der Waals surface area contributed by atoms with Gasteiger partial charge in [-0.1, -0.05) is 11.6 Å². The highest BCUT2D eigenvalue weighted by atomic mass is 35.5. The normalized spacial score (nSPS) is 10.3. The average Bonchev–Trinajstić information content (AvgIpc) is 2.69. The fourth-order valence-electron chi connectivity index (χ4n) is 1.42. The van der Waals surface area contributed by atoms with Crippen LogP contribution < -0.4 is 0 Å². The molecular formula is C12H9ClO2. The van der Waals surface area contributed by atoms with E-state index in [2.05, 4.69) is 0 Å². The molecule has 0 fully saturated rings. The number of aryl methyl sites for hydroxylation is 1. The van der Waals surface area contributed by atoms with Crippen LogP contribution in [-0.2, 0) is 0 Å². The molecule has 0 spiro atoms. The summed E-state index contributed by atoms with van der Waals surface area (Å²) in [6, 6.07) is 8.51. The van der Waals surface area contributed by atoms with E-state index in [0.29, 0.717) is 16.3 Å². The van der Waals surface area contributed by atoms with E-state index in [0.717, 1.165) is 5.56 Å². The van der Waals surface area contributed by atoms with Gasteiger partial charge in [0.05, 0.1) is 6.26 Å². The van der Waals surface area contributed by atoms with Crippen LogP contribution in [0, 0.1) is 6.92 Å². The molecule has 1 aromatic heterocycles. The molecule has 0 bridgehead atoms. The molecule has 76 valence electrons. The monoisotopic (exact) mass is 220 g/mol. The third-order valence-corrected chi connectivity index (χ3v) is 2.41. The van der Waals surface area contributed by atoms with Gasteiger partial charge in [-0.05, 0) is 42.8 Å². The predicted octanol–water partition coefficient (Wildman–Crippen LogP) is 3.47. The van der Waals surface area contributed by atoms with Gasteiger partial charge in [0.25, 0.3) is 0 Å². The van der Waals surface area contributed by atoms with Crippen molar-refractivity contribution in [3.05, 3.63) is 58.5 Å². The molecule has 2 rings (SSSR count). The van der Waals surface area contributed by atoms with Gasteiger partial charge < -0.3 is 4.42 Å². The van der Waals surface area contributed by atoms with Crippen molar-refractivity contribution in [2.45, 2.75) is 6.92 Å². The van der Waals surface area contributed by atoms with Crippen molar-refractivity contribution in [2.75, 3.05) is 0 Å². The van der Waals surface area contributed by atoms with Crippen molar-refractivity contribution < 1.29 is 9.21 Å². The SMILES string of the molecule is Cc1cc(Cl)ccc1C(=O)c1ccco1. The molecule has 15 heavy (non-hydrogen) atoms. The Bertz CT molecular complexity index is 486. The third kappa shape index (κ3) is 1.95. The second-order valence-corrected chi connectivity index (χ2v) is 3.70. The first kappa shape index (κ1) is 9.99. The average molecular weight is 221 g/mol. The Labute approximate surface area is 92.5 Å². The lowest BCUT2D eigenvalue weighted by Gasteiger charge is -2.02. The van der Waals surface area contributed by atoms with Crippen LogP contribution in [0.2, 0.25) is 5.02 Å². The highest BCUT2D eigenvalue weighted by Gasteiger charge is 2.13. The minimum atomic E-state index is -0.117. The van der Waals surface area contributed by atoms with E-state index in [1.165, 1.54) is 6.26 Å².